The molecule has 2 amide bonds. The van der Waals surface area contributed by atoms with Gasteiger partial charge in [0.1, 0.15) is 5.82 Å². The Morgan fingerprint density at radius 3 is 2.43 bits per heavy atom. The summed E-state index contributed by atoms with van der Waals surface area (Å²) in [6.45, 7) is 1.51. The number of likely N-dealkylation sites (tertiary alicyclic amines) is 1. The van der Waals surface area contributed by atoms with Crippen LogP contribution in [0.1, 0.15) is 63.1 Å². The van der Waals surface area contributed by atoms with Gasteiger partial charge >= 0.3 is 6.03 Å². The molecule has 2 aliphatic rings. The van der Waals surface area contributed by atoms with Crippen molar-refractivity contribution in [3.8, 4) is 0 Å². The predicted octanol–water partition coefficient (Wildman–Crippen LogP) is 2.80. The summed E-state index contributed by atoms with van der Waals surface area (Å²) in [6, 6.07) is 4.36. The topological polar surface area (TPSA) is 78.7 Å². The first-order valence-corrected chi connectivity index (χ1v) is 10.6. The zero-order chi connectivity index (χ0) is 19.5. The van der Waals surface area contributed by atoms with Crippen molar-refractivity contribution in [2.24, 2.45) is 0 Å². The van der Waals surface area contributed by atoms with Gasteiger partial charge in [0.2, 0.25) is 0 Å². The van der Waals surface area contributed by atoms with Crippen LogP contribution in [-0.4, -0.2) is 64.0 Å². The van der Waals surface area contributed by atoms with Gasteiger partial charge in [-0.15, -0.1) is 15.3 Å². The standard InChI is InChI=1S/C20H31N7O/c1-25(2)18-10-9-17-22-23-19(27(17)24-18)15-11-13-26(14-12-15)20(28)21-16-7-5-3-4-6-8-16/h9-10,15-16H,3-8,11-14H2,1-2H3,(H,21,28). The van der Waals surface area contributed by atoms with E-state index in [1.807, 2.05) is 40.5 Å². The molecule has 28 heavy (non-hydrogen) atoms. The number of aromatic nitrogens is 4. The minimum atomic E-state index is 0.101. The third kappa shape index (κ3) is 4.05. The van der Waals surface area contributed by atoms with Gasteiger partial charge in [0.15, 0.2) is 11.5 Å². The van der Waals surface area contributed by atoms with E-state index in [2.05, 4.69) is 20.6 Å². The molecule has 0 radical (unpaired) electrons. The molecule has 2 fully saturated rings. The number of carbonyl (C=O) groups excluding carboxylic acids is 1. The highest BCUT2D eigenvalue weighted by molar-refractivity contribution is 5.74. The Morgan fingerprint density at radius 1 is 1.04 bits per heavy atom. The van der Waals surface area contributed by atoms with Crippen molar-refractivity contribution >= 4 is 17.5 Å². The number of nitrogens with zero attached hydrogens (tertiary/aromatic N) is 6. The van der Waals surface area contributed by atoms with E-state index < -0.39 is 0 Å². The second kappa shape index (κ2) is 8.32. The minimum absolute atomic E-state index is 0.101. The average Bonchev–Trinajstić information content (AvgIpc) is 2.96. The Hall–Kier alpha value is -2.38. The van der Waals surface area contributed by atoms with E-state index in [-0.39, 0.29) is 11.9 Å². The monoisotopic (exact) mass is 385 g/mol. The van der Waals surface area contributed by atoms with Crippen LogP contribution in [-0.2, 0) is 0 Å². The van der Waals surface area contributed by atoms with Crippen molar-refractivity contribution in [1.29, 1.82) is 0 Å². The molecule has 0 aromatic carbocycles. The molecule has 1 N–H and O–H groups in total. The summed E-state index contributed by atoms with van der Waals surface area (Å²) in [5, 5.41) is 16.6. The Balaban J connectivity index is 1.38. The van der Waals surface area contributed by atoms with Crippen LogP contribution in [0.3, 0.4) is 0 Å². The lowest BCUT2D eigenvalue weighted by Crippen LogP contribution is -2.47. The maximum atomic E-state index is 12.7. The molecule has 4 rings (SSSR count). The van der Waals surface area contributed by atoms with Crippen molar-refractivity contribution in [1.82, 2.24) is 30.0 Å². The lowest BCUT2D eigenvalue weighted by Gasteiger charge is -2.32. The fraction of sp³-hybridized carbons (Fsp3) is 0.700. The Labute approximate surface area is 166 Å². The normalized spacial score (nSPS) is 19.6. The van der Waals surface area contributed by atoms with Crippen LogP contribution in [0.25, 0.3) is 5.65 Å². The maximum absolute atomic E-state index is 12.7. The first kappa shape index (κ1) is 19.0. The molecule has 8 heteroatoms. The largest absolute Gasteiger partial charge is 0.361 e. The highest BCUT2D eigenvalue weighted by atomic mass is 16.2. The number of carbonyl (C=O) groups is 1. The zero-order valence-corrected chi connectivity index (χ0v) is 17.0. The highest BCUT2D eigenvalue weighted by Crippen LogP contribution is 2.27. The van der Waals surface area contributed by atoms with E-state index in [1.165, 1.54) is 25.7 Å². The van der Waals surface area contributed by atoms with Gasteiger partial charge in [-0.3, -0.25) is 0 Å². The van der Waals surface area contributed by atoms with Gasteiger partial charge in [-0.1, -0.05) is 25.7 Å². The molecular formula is C20H31N7O. The van der Waals surface area contributed by atoms with Crippen LogP contribution in [0.4, 0.5) is 10.6 Å². The van der Waals surface area contributed by atoms with Gasteiger partial charge in [-0.25, -0.2) is 4.79 Å². The summed E-state index contributed by atoms with van der Waals surface area (Å²) in [5.41, 5.74) is 0.772. The van der Waals surface area contributed by atoms with Crippen LogP contribution >= 0.6 is 0 Å². The van der Waals surface area contributed by atoms with E-state index in [4.69, 9.17) is 0 Å². The molecule has 0 unspecified atom stereocenters. The number of hydrogen-bond donors (Lipinski definition) is 1. The van der Waals surface area contributed by atoms with E-state index >= 15 is 0 Å². The number of piperidine rings is 1. The van der Waals surface area contributed by atoms with E-state index in [1.54, 1.807) is 0 Å². The van der Waals surface area contributed by atoms with Crippen molar-refractivity contribution < 1.29 is 4.79 Å². The van der Waals surface area contributed by atoms with Crippen molar-refractivity contribution in [2.75, 3.05) is 32.1 Å². The quantitative estimate of drug-likeness (QED) is 0.822. The molecular weight excluding hydrogens is 354 g/mol. The summed E-state index contributed by atoms with van der Waals surface area (Å²) in [4.78, 5) is 16.6. The number of hydrogen-bond acceptors (Lipinski definition) is 5. The van der Waals surface area contributed by atoms with Gasteiger partial charge in [0.05, 0.1) is 0 Å². The fourth-order valence-electron chi connectivity index (χ4n) is 4.32. The van der Waals surface area contributed by atoms with Gasteiger partial charge in [-0.2, -0.15) is 4.52 Å². The van der Waals surface area contributed by atoms with E-state index in [9.17, 15) is 4.79 Å². The SMILES string of the molecule is CN(C)c1ccc2nnc(C3CCN(C(=O)NC4CCCCCC4)CC3)n2n1. The molecule has 1 saturated carbocycles. The molecule has 0 atom stereocenters. The van der Waals surface area contributed by atoms with Gasteiger partial charge < -0.3 is 15.1 Å². The first-order chi connectivity index (χ1) is 13.6. The van der Waals surface area contributed by atoms with Crippen LogP contribution in [0.2, 0.25) is 0 Å². The molecule has 2 aromatic heterocycles. The number of fused-ring (bicyclic) bond motifs is 1. The Bertz CT molecular complexity index is 802. The van der Waals surface area contributed by atoms with Crippen molar-refractivity contribution in [2.45, 2.75) is 63.3 Å². The summed E-state index contributed by atoms with van der Waals surface area (Å²) >= 11 is 0. The van der Waals surface area contributed by atoms with E-state index in [0.29, 0.717) is 6.04 Å². The number of nitrogens with one attached hydrogen (secondary N) is 1. The van der Waals surface area contributed by atoms with Crippen molar-refractivity contribution in [3.63, 3.8) is 0 Å². The maximum Gasteiger partial charge on any atom is 0.317 e. The second-order valence-corrected chi connectivity index (χ2v) is 8.31. The first-order valence-electron chi connectivity index (χ1n) is 10.6. The predicted molar refractivity (Wildman–Crippen MR) is 109 cm³/mol. The van der Waals surface area contributed by atoms with Crippen LogP contribution < -0.4 is 10.2 Å². The van der Waals surface area contributed by atoms with Gasteiger partial charge in [0.25, 0.3) is 0 Å². The summed E-state index contributed by atoms with van der Waals surface area (Å²) in [6.07, 6.45) is 9.09. The molecule has 2 aromatic rings. The third-order valence-corrected chi connectivity index (χ3v) is 6.06. The molecule has 1 aliphatic carbocycles. The van der Waals surface area contributed by atoms with Gasteiger partial charge in [-0.05, 0) is 37.8 Å². The average molecular weight is 386 g/mol. The van der Waals surface area contributed by atoms with E-state index in [0.717, 1.165) is 56.1 Å². The molecule has 152 valence electrons. The number of amides is 2. The van der Waals surface area contributed by atoms with Crippen LogP contribution in [0, 0.1) is 0 Å². The summed E-state index contributed by atoms with van der Waals surface area (Å²) < 4.78 is 1.86. The highest BCUT2D eigenvalue weighted by Gasteiger charge is 2.28. The van der Waals surface area contributed by atoms with Crippen molar-refractivity contribution in [3.05, 3.63) is 18.0 Å². The number of rotatable bonds is 3. The Morgan fingerprint density at radius 2 is 1.75 bits per heavy atom. The Kier molecular flexibility index (Phi) is 5.64. The molecule has 8 nitrogen and oxygen atoms in total. The lowest BCUT2D eigenvalue weighted by atomic mass is 9.96. The summed E-state index contributed by atoms with van der Waals surface area (Å²) in [5.74, 6) is 2.07. The number of anilines is 1. The second-order valence-electron chi connectivity index (χ2n) is 8.31. The number of urea groups is 1. The molecule has 3 heterocycles. The third-order valence-electron chi connectivity index (χ3n) is 6.06. The minimum Gasteiger partial charge on any atom is -0.361 e. The summed E-state index contributed by atoms with van der Waals surface area (Å²) in [7, 11) is 3.95. The molecule has 0 spiro atoms. The van der Waals surface area contributed by atoms with Gasteiger partial charge in [0, 0.05) is 39.1 Å². The molecule has 1 aliphatic heterocycles. The molecule has 1 saturated heterocycles. The lowest BCUT2D eigenvalue weighted by molar-refractivity contribution is 0.175. The van der Waals surface area contributed by atoms with Crippen LogP contribution in [0.15, 0.2) is 12.1 Å². The van der Waals surface area contributed by atoms with Crippen LogP contribution in [0.5, 0.6) is 0 Å². The zero-order valence-electron chi connectivity index (χ0n) is 17.0. The molecule has 0 bridgehead atoms. The smallest absolute Gasteiger partial charge is 0.317 e. The fourth-order valence-corrected chi connectivity index (χ4v) is 4.32.